The van der Waals surface area contributed by atoms with Gasteiger partial charge in [0.25, 0.3) is 0 Å². The van der Waals surface area contributed by atoms with Gasteiger partial charge in [-0.15, -0.1) is 0 Å². The molecular formula is C38H22F3N3. The standard InChI is InChI=1S/C38H22F3N3/c1-42-25-19-20-30(37(23-25)44-34-16-8-4-12-28(34)29-13-5-9-17-35(29)44)31-22-24(38(39,40)41)18-21-36(31)43-32-14-6-2-10-26(32)27-11-3-7-15-33(27)43/h2-23H. The van der Waals surface area contributed by atoms with Gasteiger partial charge in [0.15, 0.2) is 5.69 Å². The number of para-hydroxylation sites is 4. The second kappa shape index (κ2) is 9.62. The van der Waals surface area contributed by atoms with Crippen LogP contribution in [-0.2, 0) is 6.18 Å². The Labute approximate surface area is 250 Å². The molecule has 0 bridgehead atoms. The second-order valence-electron chi connectivity index (χ2n) is 10.8. The van der Waals surface area contributed by atoms with Crippen LogP contribution in [0.25, 0.3) is 71.0 Å². The van der Waals surface area contributed by atoms with Gasteiger partial charge in [0.2, 0.25) is 0 Å². The van der Waals surface area contributed by atoms with Gasteiger partial charge in [-0.3, -0.25) is 0 Å². The maximum Gasteiger partial charge on any atom is 0.416 e. The van der Waals surface area contributed by atoms with Crippen LogP contribution in [0.4, 0.5) is 18.9 Å². The highest BCUT2D eigenvalue weighted by Gasteiger charge is 2.32. The maximum absolute atomic E-state index is 14.3. The molecule has 6 heteroatoms. The predicted molar refractivity (Wildman–Crippen MR) is 172 cm³/mol. The Bertz CT molecular complexity index is 2350. The van der Waals surface area contributed by atoms with Crippen molar-refractivity contribution in [2.75, 3.05) is 0 Å². The first-order chi connectivity index (χ1) is 21.4. The van der Waals surface area contributed by atoms with Gasteiger partial charge >= 0.3 is 6.18 Å². The van der Waals surface area contributed by atoms with Gasteiger partial charge in [0.05, 0.1) is 39.9 Å². The lowest BCUT2D eigenvalue weighted by Gasteiger charge is -2.20. The number of aromatic nitrogens is 2. The lowest BCUT2D eigenvalue weighted by atomic mass is 9.97. The minimum absolute atomic E-state index is 0.399. The van der Waals surface area contributed by atoms with Crippen LogP contribution in [0.5, 0.6) is 0 Å². The Kier molecular flexibility index (Phi) is 5.65. The summed E-state index contributed by atoms with van der Waals surface area (Å²) in [5.41, 5.74) is 5.52. The van der Waals surface area contributed by atoms with Gasteiger partial charge < -0.3 is 9.13 Å². The third kappa shape index (κ3) is 3.83. The first-order valence-electron chi connectivity index (χ1n) is 14.1. The van der Waals surface area contributed by atoms with Gasteiger partial charge in [-0.2, -0.15) is 13.2 Å². The molecule has 0 fully saturated rings. The lowest BCUT2D eigenvalue weighted by molar-refractivity contribution is -0.137. The van der Waals surface area contributed by atoms with Crippen LogP contribution in [-0.4, -0.2) is 9.13 Å². The van der Waals surface area contributed by atoms with Crippen molar-refractivity contribution in [3.63, 3.8) is 0 Å². The average Bonchev–Trinajstić information content (AvgIpc) is 3.57. The molecule has 44 heavy (non-hydrogen) atoms. The number of alkyl halides is 3. The van der Waals surface area contributed by atoms with Gasteiger partial charge in [-0.05, 0) is 48.5 Å². The van der Waals surface area contributed by atoms with E-state index in [2.05, 4.69) is 9.41 Å². The fourth-order valence-electron chi connectivity index (χ4n) is 6.49. The lowest BCUT2D eigenvalue weighted by Crippen LogP contribution is -2.07. The summed E-state index contributed by atoms with van der Waals surface area (Å²) in [7, 11) is 0. The molecule has 0 aliphatic carbocycles. The van der Waals surface area contributed by atoms with Crippen molar-refractivity contribution in [1.29, 1.82) is 0 Å². The summed E-state index contributed by atoms with van der Waals surface area (Å²) in [6.07, 6.45) is -4.54. The summed E-state index contributed by atoms with van der Waals surface area (Å²) in [5.74, 6) is 0. The Balaban J connectivity index is 1.53. The van der Waals surface area contributed by atoms with E-state index in [1.165, 1.54) is 6.07 Å². The van der Waals surface area contributed by atoms with E-state index in [0.717, 1.165) is 49.7 Å². The average molecular weight is 578 g/mol. The van der Waals surface area contributed by atoms with Gasteiger partial charge in [-0.25, -0.2) is 4.85 Å². The van der Waals surface area contributed by atoms with E-state index in [4.69, 9.17) is 6.57 Å². The Morgan fingerprint density at radius 1 is 0.477 bits per heavy atom. The van der Waals surface area contributed by atoms with Crippen molar-refractivity contribution in [2.45, 2.75) is 6.18 Å². The Hall–Kier alpha value is -5.80. The minimum atomic E-state index is -4.54. The third-order valence-corrected chi connectivity index (χ3v) is 8.37. The molecule has 0 aliphatic rings. The van der Waals surface area contributed by atoms with Crippen LogP contribution in [0.15, 0.2) is 133 Å². The smallest absolute Gasteiger partial charge is 0.310 e. The molecule has 0 radical (unpaired) electrons. The molecule has 2 heterocycles. The number of nitrogens with zero attached hydrogens (tertiary/aromatic N) is 3. The van der Waals surface area contributed by atoms with Crippen LogP contribution < -0.4 is 0 Å². The third-order valence-electron chi connectivity index (χ3n) is 8.37. The fraction of sp³-hybridized carbons (Fsp3) is 0.0263. The molecule has 0 amide bonds. The van der Waals surface area contributed by atoms with Crippen molar-refractivity contribution in [3.8, 4) is 22.5 Å². The molecule has 0 aliphatic heterocycles. The highest BCUT2D eigenvalue weighted by molar-refractivity contribution is 6.11. The van der Waals surface area contributed by atoms with E-state index in [1.807, 2.05) is 102 Å². The molecule has 0 unspecified atom stereocenters. The molecule has 0 saturated heterocycles. The zero-order chi connectivity index (χ0) is 30.0. The van der Waals surface area contributed by atoms with Crippen LogP contribution in [0.1, 0.15) is 5.56 Å². The number of halogens is 3. The highest BCUT2D eigenvalue weighted by Crippen LogP contribution is 2.43. The first-order valence-corrected chi connectivity index (χ1v) is 14.1. The molecule has 2 aromatic heterocycles. The van der Waals surface area contributed by atoms with Crippen molar-refractivity contribution in [2.24, 2.45) is 0 Å². The number of rotatable bonds is 3. The molecule has 210 valence electrons. The molecule has 0 spiro atoms. The maximum atomic E-state index is 14.3. The summed E-state index contributed by atoms with van der Waals surface area (Å²) in [4.78, 5) is 3.70. The summed E-state index contributed by atoms with van der Waals surface area (Å²) in [5, 5.41) is 4.07. The molecule has 0 atom stereocenters. The topological polar surface area (TPSA) is 14.2 Å². The number of benzene rings is 6. The minimum Gasteiger partial charge on any atom is -0.310 e. The summed E-state index contributed by atoms with van der Waals surface area (Å²) < 4.78 is 47.1. The summed E-state index contributed by atoms with van der Waals surface area (Å²) in [6, 6.07) is 41.0. The molecule has 8 rings (SSSR count). The van der Waals surface area contributed by atoms with Gasteiger partial charge in [0.1, 0.15) is 0 Å². The Morgan fingerprint density at radius 3 is 1.39 bits per heavy atom. The van der Waals surface area contributed by atoms with Crippen molar-refractivity contribution in [1.82, 2.24) is 9.13 Å². The van der Waals surface area contributed by atoms with Gasteiger partial charge in [0, 0.05) is 38.4 Å². The number of fused-ring (bicyclic) bond motifs is 6. The zero-order valence-electron chi connectivity index (χ0n) is 23.2. The van der Waals surface area contributed by atoms with Crippen molar-refractivity contribution >= 4 is 49.3 Å². The van der Waals surface area contributed by atoms with Crippen molar-refractivity contribution in [3.05, 3.63) is 150 Å². The Morgan fingerprint density at radius 2 is 0.932 bits per heavy atom. The highest BCUT2D eigenvalue weighted by atomic mass is 19.4. The normalized spacial score (nSPS) is 12.0. The first kappa shape index (κ1) is 25.9. The van der Waals surface area contributed by atoms with Gasteiger partial charge in [-0.1, -0.05) is 84.9 Å². The molecule has 3 nitrogen and oxygen atoms in total. The van der Waals surface area contributed by atoms with Crippen LogP contribution in [0.3, 0.4) is 0 Å². The van der Waals surface area contributed by atoms with E-state index < -0.39 is 11.7 Å². The largest absolute Gasteiger partial charge is 0.416 e. The zero-order valence-corrected chi connectivity index (χ0v) is 23.2. The second-order valence-corrected chi connectivity index (χ2v) is 10.8. The number of hydrogen-bond donors (Lipinski definition) is 0. The van der Waals surface area contributed by atoms with E-state index in [-0.39, 0.29) is 0 Å². The summed E-state index contributed by atoms with van der Waals surface area (Å²) >= 11 is 0. The molecular weight excluding hydrogens is 555 g/mol. The SMILES string of the molecule is [C-]#[N+]c1ccc(-c2cc(C(F)(F)F)ccc2-n2c3ccccc3c3ccccc32)c(-n2c3ccccc3c3ccccc32)c1. The van der Waals surface area contributed by atoms with Crippen LogP contribution in [0, 0.1) is 6.57 Å². The summed E-state index contributed by atoms with van der Waals surface area (Å²) in [6.45, 7) is 7.78. The quantitative estimate of drug-likeness (QED) is 0.186. The number of hydrogen-bond acceptors (Lipinski definition) is 0. The van der Waals surface area contributed by atoms with E-state index >= 15 is 0 Å². The van der Waals surface area contributed by atoms with Crippen molar-refractivity contribution < 1.29 is 13.2 Å². The molecule has 6 aromatic carbocycles. The molecule has 0 saturated carbocycles. The van der Waals surface area contributed by atoms with Crippen LogP contribution >= 0.6 is 0 Å². The van der Waals surface area contributed by atoms with E-state index in [9.17, 15) is 13.2 Å². The molecule has 0 N–H and O–H groups in total. The van der Waals surface area contributed by atoms with E-state index in [1.54, 1.807) is 24.3 Å². The monoisotopic (exact) mass is 577 g/mol. The molecule has 8 aromatic rings. The van der Waals surface area contributed by atoms with E-state index in [0.29, 0.717) is 28.2 Å². The predicted octanol–water partition coefficient (Wildman–Crippen LogP) is 11.1. The fourth-order valence-corrected chi connectivity index (χ4v) is 6.49. The van der Waals surface area contributed by atoms with Crippen LogP contribution in [0.2, 0.25) is 0 Å².